The fourth-order valence-corrected chi connectivity index (χ4v) is 1.32. The summed E-state index contributed by atoms with van der Waals surface area (Å²) < 4.78 is 4.36. The minimum Gasteiger partial charge on any atom is -0.481 e. The van der Waals surface area contributed by atoms with E-state index in [1.54, 1.807) is 0 Å². The normalized spacial score (nSPS) is 11.2. The number of carbonyl (C=O) groups is 2. The van der Waals surface area contributed by atoms with Gasteiger partial charge in [-0.3, -0.25) is 9.59 Å². The van der Waals surface area contributed by atoms with Crippen LogP contribution in [-0.4, -0.2) is 41.7 Å². The molecule has 0 fully saturated rings. The monoisotopic (exact) mass is 219 g/mol. The molecule has 0 aromatic rings. The van der Waals surface area contributed by atoms with Gasteiger partial charge in [0.05, 0.1) is 12.9 Å². The second kappa shape index (κ2) is 7.05. The van der Waals surface area contributed by atoms with Crippen LogP contribution < -0.4 is 0 Å². The van der Waals surface area contributed by atoms with Crippen molar-refractivity contribution in [1.29, 1.82) is 0 Å². The molecule has 78 valence electrons. The number of esters is 1. The van der Waals surface area contributed by atoms with Gasteiger partial charge in [0.25, 0.3) is 0 Å². The van der Waals surface area contributed by atoms with Gasteiger partial charge < -0.3 is 9.84 Å². The molecule has 0 aromatic carbocycles. The molecule has 1 atom stereocenters. The number of hydrogen-bond acceptors (Lipinski definition) is 5. The maximum atomic E-state index is 10.9. The standard InChI is InChI=1S/C6H9N3O4S/c1-13-6(12)4(8-9-7)2-14-3-5(10)11/h4H,2-3H2,1H3,(H,10,11). The predicted octanol–water partition coefficient (Wildman–Crippen LogP) is 0.656. The van der Waals surface area contributed by atoms with Crippen LogP contribution in [-0.2, 0) is 14.3 Å². The molecule has 0 aliphatic heterocycles. The summed E-state index contributed by atoms with van der Waals surface area (Å²) in [5, 5.41) is 11.5. The van der Waals surface area contributed by atoms with E-state index in [2.05, 4.69) is 14.8 Å². The maximum absolute atomic E-state index is 10.9. The third-order valence-corrected chi connectivity index (χ3v) is 2.17. The van der Waals surface area contributed by atoms with E-state index in [1.807, 2.05) is 0 Å². The first kappa shape index (κ1) is 12.6. The Hall–Kier alpha value is -1.40. The third-order valence-electron chi connectivity index (χ3n) is 1.17. The van der Waals surface area contributed by atoms with Gasteiger partial charge in [0.1, 0.15) is 6.04 Å². The number of aliphatic carboxylic acids is 1. The molecule has 0 heterocycles. The van der Waals surface area contributed by atoms with Crippen LogP contribution >= 0.6 is 11.8 Å². The van der Waals surface area contributed by atoms with Gasteiger partial charge in [0, 0.05) is 10.7 Å². The van der Waals surface area contributed by atoms with Crippen LogP contribution in [0.3, 0.4) is 0 Å². The number of nitrogens with zero attached hydrogens (tertiary/aromatic N) is 3. The molecule has 0 spiro atoms. The van der Waals surface area contributed by atoms with Crippen molar-refractivity contribution in [2.45, 2.75) is 6.04 Å². The molecule has 0 rings (SSSR count). The average Bonchev–Trinajstić information content (AvgIpc) is 2.15. The van der Waals surface area contributed by atoms with Gasteiger partial charge in [0.2, 0.25) is 0 Å². The second-order valence-electron chi connectivity index (χ2n) is 2.15. The Labute approximate surface area is 84.1 Å². The first-order chi connectivity index (χ1) is 6.61. The summed E-state index contributed by atoms with van der Waals surface area (Å²) >= 11 is 0.988. The van der Waals surface area contributed by atoms with E-state index in [9.17, 15) is 9.59 Å². The molecular weight excluding hydrogens is 210 g/mol. The van der Waals surface area contributed by atoms with E-state index in [0.29, 0.717) is 0 Å². The highest BCUT2D eigenvalue weighted by Crippen LogP contribution is 2.07. The van der Waals surface area contributed by atoms with Gasteiger partial charge in [-0.15, -0.1) is 11.8 Å². The molecule has 0 bridgehead atoms. The fourth-order valence-electron chi connectivity index (χ4n) is 0.605. The molecule has 0 aliphatic rings. The highest BCUT2D eigenvalue weighted by molar-refractivity contribution is 8.00. The minimum absolute atomic E-state index is 0.100. The highest BCUT2D eigenvalue weighted by atomic mass is 32.2. The largest absolute Gasteiger partial charge is 0.481 e. The number of carboxylic acids is 1. The van der Waals surface area contributed by atoms with Gasteiger partial charge in [0.15, 0.2) is 0 Å². The summed E-state index contributed by atoms with van der Waals surface area (Å²) in [5.74, 6) is -1.70. The number of methoxy groups -OCH3 is 1. The Kier molecular flexibility index (Phi) is 6.34. The molecule has 0 amide bonds. The average molecular weight is 219 g/mol. The van der Waals surface area contributed by atoms with E-state index in [4.69, 9.17) is 10.6 Å². The van der Waals surface area contributed by atoms with E-state index in [1.165, 1.54) is 7.11 Å². The van der Waals surface area contributed by atoms with E-state index >= 15 is 0 Å². The van der Waals surface area contributed by atoms with Gasteiger partial charge in [-0.05, 0) is 5.53 Å². The quantitative estimate of drug-likeness (QED) is 0.305. The van der Waals surface area contributed by atoms with Crippen molar-refractivity contribution in [1.82, 2.24) is 0 Å². The van der Waals surface area contributed by atoms with E-state index in [0.717, 1.165) is 11.8 Å². The SMILES string of the molecule is COC(=O)C(CSCC(=O)O)N=[N+]=[N-]. The van der Waals surface area contributed by atoms with Crippen molar-refractivity contribution >= 4 is 23.7 Å². The lowest BCUT2D eigenvalue weighted by Crippen LogP contribution is -2.22. The van der Waals surface area contributed by atoms with Gasteiger partial charge >= 0.3 is 11.9 Å². The lowest BCUT2D eigenvalue weighted by Gasteiger charge is -2.06. The summed E-state index contributed by atoms with van der Waals surface area (Å²) in [6, 6.07) is -0.964. The van der Waals surface area contributed by atoms with Crippen LogP contribution in [0.1, 0.15) is 0 Å². The van der Waals surface area contributed by atoms with Crippen LogP contribution in [0.4, 0.5) is 0 Å². The lowest BCUT2D eigenvalue weighted by atomic mass is 10.4. The Balaban J connectivity index is 4.04. The van der Waals surface area contributed by atoms with Crippen LogP contribution in [0, 0.1) is 0 Å². The smallest absolute Gasteiger partial charge is 0.315 e. The molecule has 0 aromatic heterocycles. The maximum Gasteiger partial charge on any atom is 0.315 e. The first-order valence-electron chi connectivity index (χ1n) is 3.53. The van der Waals surface area contributed by atoms with Crippen molar-refractivity contribution in [2.75, 3.05) is 18.6 Å². The summed E-state index contributed by atoms with van der Waals surface area (Å²) in [7, 11) is 1.17. The molecule has 7 nitrogen and oxygen atoms in total. The van der Waals surface area contributed by atoms with E-state index < -0.39 is 18.0 Å². The Morgan fingerprint density at radius 1 is 1.71 bits per heavy atom. The second-order valence-corrected chi connectivity index (χ2v) is 3.18. The van der Waals surface area contributed by atoms with Crippen LogP contribution in [0.2, 0.25) is 0 Å². The zero-order valence-corrected chi connectivity index (χ0v) is 8.23. The van der Waals surface area contributed by atoms with Crippen LogP contribution in [0.15, 0.2) is 5.11 Å². The van der Waals surface area contributed by atoms with Crippen LogP contribution in [0.5, 0.6) is 0 Å². The number of rotatable bonds is 6. The predicted molar refractivity (Wildman–Crippen MR) is 49.9 cm³/mol. The van der Waals surface area contributed by atoms with E-state index in [-0.39, 0.29) is 11.5 Å². The molecule has 8 heteroatoms. The van der Waals surface area contributed by atoms with Crippen molar-refractivity contribution < 1.29 is 19.4 Å². The molecule has 14 heavy (non-hydrogen) atoms. The topological polar surface area (TPSA) is 112 Å². The first-order valence-corrected chi connectivity index (χ1v) is 4.68. The minimum atomic E-state index is -0.987. The molecule has 1 N–H and O–H groups in total. The third kappa shape index (κ3) is 5.28. The number of azide groups is 1. The van der Waals surface area contributed by atoms with Crippen molar-refractivity contribution in [2.24, 2.45) is 5.11 Å². The molecule has 0 radical (unpaired) electrons. The number of carboxylic acid groups (broad SMARTS) is 1. The number of ether oxygens (including phenoxy) is 1. The Morgan fingerprint density at radius 2 is 2.36 bits per heavy atom. The number of carbonyl (C=O) groups excluding carboxylic acids is 1. The summed E-state index contributed by atoms with van der Waals surface area (Å²) in [6.07, 6.45) is 0. The van der Waals surface area contributed by atoms with Crippen molar-refractivity contribution in [3.8, 4) is 0 Å². The van der Waals surface area contributed by atoms with Crippen LogP contribution in [0.25, 0.3) is 10.4 Å². The van der Waals surface area contributed by atoms with Gasteiger partial charge in [-0.1, -0.05) is 5.11 Å². The molecule has 1 unspecified atom stereocenters. The summed E-state index contributed by atoms with van der Waals surface area (Å²) in [4.78, 5) is 23.5. The van der Waals surface area contributed by atoms with Crippen molar-refractivity contribution in [3.05, 3.63) is 10.4 Å². The fraction of sp³-hybridized carbons (Fsp3) is 0.667. The van der Waals surface area contributed by atoms with Gasteiger partial charge in [-0.2, -0.15) is 0 Å². The number of thioether (sulfide) groups is 1. The summed E-state index contributed by atoms with van der Waals surface area (Å²) in [5.41, 5.74) is 8.11. The Morgan fingerprint density at radius 3 is 2.79 bits per heavy atom. The molecular formula is C6H9N3O4S. The molecule has 0 saturated heterocycles. The molecule has 0 aliphatic carbocycles. The highest BCUT2D eigenvalue weighted by Gasteiger charge is 2.17. The lowest BCUT2D eigenvalue weighted by molar-refractivity contribution is -0.141. The zero-order valence-electron chi connectivity index (χ0n) is 7.41. The summed E-state index contributed by atoms with van der Waals surface area (Å²) in [6.45, 7) is 0. The molecule has 0 saturated carbocycles. The van der Waals surface area contributed by atoms with Gasteiger partial charge in [-0.25, -0.2) is 0 Å². The Bertz CT molecular complexity index is 264. The number of hydrogen-bond donors (Lipinski definition) is 1. The van der Waals surface area contributed by atoms with Crippen molar-refractivity contribution in [3.63, 3.8) is 0 Å². The zero-order chi connectivity index (χ0) is 11.0.